The molecule has 1 fully saturated rings. The molecule has 0 radical (unpaired) electrons. The number of nitro groups is 1. The van der Waals surface area contributed by atoms with E-state index in [1.165, 1.54) is 12.3 Å². The maximum absolute atomic E-state index is 12.3. The summed E-state index contributed by atoms with van der Waals surface area (Å²) in [6.07, 6.45) is 1.50. The average molecular weight is 342 g/mol. The summed E-state index contributed by atoms with van der Waals surface area (Å²) in [6.45, 7) is 4.52. The van der Waals surface area contributed by atoms with E-state index in [1.807, 2.05) is 0 Å². The molecule has 1 aromatic heterocycles. The number of ether oxygens (including phenoxy) is 1. The molecule has 1 aromatic carbocycles. The first-order valence-electron chi connectivity index (χ1n) is 7.90. The van der Waals surface area contributed by atoms with Gasteiger partial charge >= 0.3 is 0 Å². The molecule has 1 saturated heterocycles. The summed E-state index contributed by atoms with van der Waals surface area (Å²) >= 11 is 0. The lowest BCUT2D eigenvalue weighted by Crippen LogP contribution is -2.36. The number of carbonyl (C=O) groups is 1. The van der Waals surface area contributed by atoms with Gasteiger partial charge in [-0.3, -0.25) is 14.9 Å². The van der Waals surface area contributed by atoms with Crippen molar-refractivity contribution < 1.29 is 14.5 Å². The average Bonchev–Trinajstić information content (AvgIpc) is 2.64. The van der Waals surface area contributed by atoms with E-state index in [9.17, 15) is 14.9 Å². The number of morpholine rings is 1. The van der Waals surface area contributed by atoms with Crippen molar-refractivity contribution in [2.24, 2.45) is 0 Å². The number of aromatic nitrogens is 1. The molecule has 8 heteroatoms. The van der Waals surface area contributed by atoms with Crippen molar-refractivity contribution in [3.8, 4) is 0 Å². The summed E-state index contributed by atoms with van der Waals surface area (Å²) in [7, 11) is 0. The SMILES string of the molecule is Cc1ccc(NC(=O)c2ccc(N3CCOCC3)nc2)cc1[N+](=O)[O-]. The van der Waals surface area contributed by atoms with Crippen molar-refractivity contribution in [1.29, 1.82) is 0 Å². The third kappa shape index (κ3) is 3.92. The zero-order valence-corrected chi connectivity index (χ0v) is 13.8. The standard InChI is InChI=1S/C17H18N4O4/c1-12-2-4-14(10-15(12)21(23)24)19-17(22)13-3-5-16(18-11-13)20-6-8-25-9-7-20/h2-5,10-11H,6-9H2,1H3,(H,19,22). The van der Waals surface area contributed by atoms with Gasteiger partial charge in [0.15, 0.2) is 0 Å². The van der Waals surface area contributed by atoms with Gasteiger partial charge in [0, 0.05) is 36.6 Å². The lowest BCUT2D eigenvalue weighted by molar-refractivity contribution is -0.385. The quantitative estimate of drug-likeness (QED) is 0.677. The number of benzene rings is 1. The Hall–Kier alpha value is -3.00. The highest BCUT2D eigenvalue weighted by Crippen LogP contribution is 2.23. The molecule has 2 heterocycles. The van der Waals surface area contributed by atoms with Gasteiger partial charge in [-0.05, 0) is 25.1 Å². The van der Waals surface area contributed by atoms with E-state index in [0.717, 1.165) is 18.9 Å². The van der Waals surface area contributed by atoms with Crippen LogP contribution in [0.4, 0.5) is 17.2 Å². The van der Waals surface area contributed by atoms with Crippen LogP contribution in [0.15, 0.2) is 36.5 Å². The smallest absolute Gasteiger partial charge is 0.274 e. The highest BCUT2D eigenvalue weighted by Gasteiger charge is 2.15. The predicted octanol–water partition coefficient (Wildman–Crippen LogP) is 2.39. The van der Waals surface area contributed by atoms with E-state index in [-0.39, 0.29) is 11.6 Å². The normalized spacial score (nSPS) is 14.2. The number of carbonyl (C=O) groups excluding carboxylic acids is 1. The number of hydrogen-bond donors (Lipinski definition) is 1. The van der Waals surface area contributed by atoms with E-state index in [0.29, 0.717) is 30.0 Å². The number of rotatable bonds is 4. The fourth-order valence-corrected chi connectivity index (χ4v) is 2.59. The Bertz CT molecular complexity index is 786. The maximum Gasteiger partial charge on any atom is 0.274 e. The second-order valence-corrected chi connectivity index (χ2v) is 5.72. The Morgan fingerprint density at radius 2 is 2.04 bits per heavy atom. The summed E-state index contributed by atoms with van der Waals surface area (Å²) < 4.78 is 5.30. The zero-order chi connectivity index (χ0) is 17.8. The van der Waals surface area contributed by atoms with Crippen LogP contribution < -0.4 is 10.2 Å². The molecule has 0 aliphatic carbocycles. The van der Waals surface area contributed by atoms with Gasteiger partial charge in [0.05, 0.1) is 23.7 Å². The lowest BCUT2D eigenvalue weighted by Gasteiger charge is -2.27. The van der Waals surface area contributed by atoms with Gasteiger partial charge in [-0.25, -0.2) is 4.98 Å². The topological polar surface area (TPSA) is 97.6 Å². The van der Waals surface area contributed by atoms with Crippen molar-refractivity contribution in [2.45, 2.75) is 6.92 Å². The van der Waals surface area contributed by atoms with Crippen molar-refractivity contribution in [3.05, 3.63) is 57.8 Å². The van der Waals surface area contributed by atoms with Crippen LogP contribution in [-0.4, -0.2) is 42.1 Å². The molecule has 8 nitrogen and oxygen atoms in total. The first-order chi connectivity index (χ1) is 12.0. The van der Waals surface area contributed by atoms with Crippen LogP contribution in [0, 0.1) is 17.0 Å². The van der Waals surface area contributed by atoms with Crippen molar-refractivity contribution >= 4 is 23.1 Å². The number of nitrogens with one attached hydrogen (secondary N) is 1. The molecule has 1 aliphatic heterocycles. The molecule has 130 valence electrons. The number of nitrogens with zero attached hydrogens (tertiary/aromatic N) is 3. The Balaban J connectivity index is 1.71. The number of aryl methyl sites for hydroxylation is 1. The lowest BCUT2D eigenvalue weighted by atomic mass is 10.1. The summed E-state index contributed by atoms with van der Waals surface area (Å²) in [4.78, 5) is 29.2. The zero-order valence-electron chi connectivity index (χ0n) is 13.8. The summed E-state index contributed by atoms with van der Waals surface area (Å²) in [6, 6.07) is 8.07. The maximum atomic E-state index is 12.3. The molecule has 3 rings (SSSR count). The molecule has 1 N–H and O–H groups in total. The van der Waals surface area contributed by atoms with E-state index >= 15 is 0 Å². The minimum absolute atomic E-state index is 0.0291. The van der Waals surface area contributed by atoms with E-state index < -0.39 is 4.92 Å². The fourth-order valence-electron chi connectivity index (χ4n) is 2.59. The molecule has 1 amide bonds. The molecule has 0 spiro atoms. The van der Waals surface area contributed by atoms with Gasteiger partial charge in [-0.2, -0.15) is 0 Å². The summed E-state index contributed by atoms with van der Waals surface area (Å²) in [5.41, 5.74) is 1.28. The monoisotopic (exact) mass is 342 g/mol. The Morgan fingerprint density at radius 1 is 1.28 bits per heavy atom. The third-order valence-electron chi connectivity index (χ3n) is 4.01. The predicted molar refractivity (Wildman–Crippen MR) is 93.1 cm³/mol. The minimum atomic E-state index is -0.469. The Labute approximate surface area is 144 Å². The Kier molecular flexibility index (Phi) is 4.90. The number of nitro benzene ring substituents is 1. The molecule has 0 saturated carbocycles. The van der Waals surface area contributed by atoms with Crippen molar-refractivity contribution in [1.82, 2.24) is 4.98 Å². The van der Waals surface area contributed by atoms with Crippen LogP contribution in [0.5, 0.6) is 0 Å². The van der Waals surface area contributed by atoms with Crippen LogP contribution in [0.2, 0.25) is 0 Å². The second-order valence-electron chi connectivity index (χ2n) is 5.72. The van der Waals surface area contributed by atoms with Crippen LogP contribution >= 0.6 is 0 Å². The molecular weight excluding hydrogens is 324 g/mol. The van der Waals surface area contributed by atoms with Gasteiger partial charge in [0.2, 0.25) is 0 Å². The Morgan fingerprint density at radius 3 is 2.68 bits per heavy atom. The van der Waals surface area contributed by atoms with Gasteiger partial charge in [0.25, 0.3) is 11.6 Å². The molecular formula is C17H18N4O4. The fraction of sp³-hybridized carbons (Fsp3) is 0.294. The van der Waals surface area contributed by atoms with Crippen LogP contribution in [0.3, 0.4) is 0 Å². The molecule has 0 atom stereocenters. The largest absolute Gasteiger partial charge is 0.378 e. The van der Waals surface area contributed by atoms with E-state index in [1.54, 1.807) is 31.2 Å². The summed E-state index contributed by atoms with van der Waals surface area (Å²) in [5, 5.41) is 13.6. The number of pyridine rings is 1. The minimum Gasteiger partial charge on any atom is -0.378 e. The first-order valence-corrected chi connectivity index (χ1v) is 7.90. The molecule has 1 aliphatic rings. The van der Waals surface area contributed by atoms with Gasteiger partial charge in [-0.15, -0.1) is 0 Å². The van der Waals surface area contributed by atoms with Crippen LogP contribution in [0.1, 0.15) is 15.9 Å². The van der Waals surface area contributed by atoms with E-state index in [4.69, 9.17) is 4.74 Å². The number of amides is 1. The molecule has 0 bridgehead atoms. The van der Waals surface area contributed by atoms with Crippen LogP contribution in [0.25, 0.3) is 0 Å². The molecule has 25 heavy (non-hydrogen) atoms. The van der Waals surface area contributed by atoms with Gasteiger partial charge in [-0.1, -0.05) is 6.07 Å². The van der Waals surface area contributed by atoms with Crippen molar-refractivity contribution in [3.63, 3.8) is 0 Å². The number of anilines is 2. The second kappa shape index (κ2) is 7.27. The van der Waals surface area contributed by atoms with Gasteiger partial charge in [0.1, 0.15) is 5.82 Å². The van der Waals surface area contributed by atoms with E-state index in [2.05, 4.69) is 15.2 Å². The highest BCUT2D eigenvalue weighted by atomic mass is 16.6. The first kappa shape index (κ1) is 16.8. The van der Waals surface area contributed by atoms with Crippen molar-refractivity contribution in [2.75, 3.05) is 36.5 Å². The molecule has 0 unspecified atom stereocenters. The third-order valence-corrected chi connectivity index (χ3v) is 4.01. The molecule has 2 aromatic rings. The summed E-state index contributed by atoms with van der Waals surface area (Å²) in [5.74, 6) is 0.435. The van der Waals surface area contributed by atoms with Gasteiger partial charge < -0.3 is 15.0 Å². The highest BCUT2D eigenvalue weighted by molar-refractivity contribution is 6.04. The van der Waals surface area contributed by atoms with Crippen LogP contribution in [-0.2, 0) is 4.74 Å². The number of hydrogen-bond acceptors (Lipinski definition) is 6.